The Kier molecular flexibility index (Phi) is 3.69. The standard InChI is InChI=1S/C11H19NO2/c1-8(2)5-11(13)12-6-10(4)14-7-9(12)3/h8,10H,3,5-7H2,1-2,4H3. The summed E-state index contributed by atoms with van der Waals surface area (Å²) in [5.41, 5.74) is 0.786. The molecule has 1 unspecified atom stereocenters. The van der Waals surface area contributed by atoms with E-state index in [2.05, 4.69) is 6.58 Å². The zero-order valence-electron chi connectivity index (χ0n) is 9.25. The molecule has 0 spiro atoms. The van der Waals surface area contributed by atoms with Crippen molar-refractivity contribution in [3.63, 3.8) is 0 Å². The van der Waals surface area contributed by atoms with E-state index in [1.165, 1.54) is 0 Å². The zero-order valence-corrected chi connectivity index (χ0v) is 9.25. The van der Waals surface area contributed by atoms with Gasteiger partial charge in [-0.15, -0.1) is 0 Å². The van der Waals surface area contributed by atoms with Crippen LogP contribution in [0.15, 0.2) is 12.3 Å². The van der Waals surface area contributed by atoms with Gasteiger partial charge in [-0.2, -0.15) is 0 Å². The van der Waals surface area contributed by atoms with Gasteiger partial charge >= 0.3 is 0 Å². The van der Waals surface area contributed by atoms with Crippen LogP contribution in [0.1, 0.15) is 27.2 Å². The van der Waals surface area contributed by atoms with Crippen molar-refractivity contribution in [3.05, 3.63) is 12.3 Å². The van der Waals surface area contributed by atoms with Crippen LogP contribution in [0.4, 0.5) is 0 Å². The second kappa shape index (κ2) is 4.60. The summed E-state index contributed by atoms with van der Waals surface area (Å²) in [6, 6.07) is 0. The fourth-order valence-electron chi connectivity index (χ4n) is 1.49. The van der Waals surface area contributed by atoms with Crippen LogP contribution in [0, 0.1) is 5.92 Å². The summed E-state index contributed by atoms with van der Waals surface area (Å²) in [6.45, 7) is 11.0. The first-order valence-electron chi connectivity index (χ1n) is 5.10. The Labute approximate surface area is 85.7 Å². The third kappa shape index (κ3) is 2.84. The summed E-state index contributed by atoms with van der Waals surface area (Å²) >= 11 is 0. The largest absolute Gasteiger partial charge is 0.370 e. The number of carbonyl (C=O) groups excluding carboxylic acids is 1. The van der Waals surface area contributed by atoms with Gasteiger partial charge in [0.1, 0.15) is 0 Å². The molecule has 1 amide bonds. The molecule has 1 atom stereocenters. The number of nitrogens with zero attached hydrogens (tertiary/aromatic N) is 1. The Morgan fingerprint density at radius 2 is 2.36 bits per heavy atom. The quantitative estimate of drug-likeness (QED) is 0.675. The SMILES string of the molecule is C=C1COC(C)CN1C(=O)CC(C)C. The first kappa shape index (κ1) is 11.2. The minimum Gasteiger partial charge on any atom is -0.370 e. The van der Waals surface area contributed by atoms with E-state index in [1.54, 1.807) is 4.90 Å². The van der Waals surface area contributed by atoms with Gasteiger partial charge in [0.05, 0.1) is 19.3 Å². The van der Waals surface area contributed by atoms with Gasteiger partial charge in [0, 0.05) is 12.1 Å². The number of hydrogen-bond acceptors (Lipinski definition) is 2. The van der Waals surface area contributed by atoms with Crippen LogP contribution in [0.3, 0.4) is 0 Å². The summed E-state index contributed by atoms with van der Waals surface area (Å²) in [7, 11) is 0. The average Bonchev–Trinajstić information content (AvgIpc) is 2.08. The number of rotatable bonds is 2. The average molecular weight is 197 g/mol. The Hall–Kier alpha value is -0.830. The van der Waals surface area contributed by atoms with Gasteiger partial charge < -0.3 is 9.64 Å². The molecule has 1 aliphatic heterocycles. The third-order valence-corrected chi connectivity index (χ3v) is 2.24. The Bertz CT molecular complexity index is 235. The smallest absolute Gasteiger partial charge is 0.227 e. The lowest BCUT2D eigenvalue weighted by Gasteiger charge is -2.33. The van der Waals surface area contributed by atoms with Crippen molar-refractivity contribution in [1.29, 1.82) is 0 Å². The Morgan fingerprint density at radius 1 is 1.71 bits per heavy atom. The topological polar surface area (TPSA) is 29.5 Å². The molecule has 1 fully saturated rings. The van der Waals surface area contributed by atoms with Crippen LogP contribution in [-0.2, 0) is 9.53 Å². The third-order valence-electron chi connectivity index (χ3n) is 2.24. The normalized spacial score (nSPS) is 23.0. The molecule has 3 nitrogen and oxygen atoms in total. The minimum atomic E-state index is 0.122. The van der Waals surface area contributed by atoms with Crippen LogP contribution < -0.4 is 0 Å². The lowest BCUT2D eigenvalue weighted by atomic mass is 10.1. The molecule has 0 aliphatic carbocycles. The molecule has 0 aromatic heterocycles. The van der Waals surface area contributed by atoms with E-state index in [1.807, 2.05) is 20.8 Å². The molecule has 0 saturated carbocycles. The van der Waals surface area contributed by atoms with Crippen molar-refractivity contribution in [2.24, 2.45) is 5.92 Å². The molecule has 1 aliphatic rings. The van der Waals surface area contributed by atoms with Crippen LogP contribution in [-0.4, -0.2) is 30.1 Å². The van der Waals surface area contributed by atoms with Crippen molar-refractivity contribution >= 4 is 5.91 Å². The van der Waals surface area contributed by atoms with E-state index in [4.69, 9.17) is 4.74 Å². The van der Waals surface area contributed by atoms with Gasteiger partial charge in [0.15, 0.2) is 0 Å². The zero-order chi connectivity index (χ0) is 10.7. The van der Waals surface area contributed by atoms with Crippen molar-refractivity contribution in [2.75, 3.05) is 13.2 Å². The molecule has 1 heterocycles. The molecule has 3 heteroatoms. The summed E-state index contributed by atoms with van der Waals surface area (Å²) in [4.78, 5) is 13.5. The predicted molar refractivity (Wildman–Crippen MR) is 55.7 cm³/mol. The first-order chi connectivity index (χ1) is 6.50. The van der Waals surface area contributed by atoms with E-state index in [-0.39, 0.29) is 12.0 Å². The van der Waals surface area contributed by atoms with Gasteiger partial charge in [0.2, 0.25) is 5.91 Å². The lowest BCUT2D eigenvalue weighted by molar-refractivity contribution is -0.134. The van der Waals surface area contributed by atoms with E-state index in [0.717, 1.165) is 5.70 Å². The molecular formula is C11H19NO2. The first-order valence-corrected chi connectivity index (χ1v) is 5.10. The molecule has 0 radical (unpaired) electrons. The molecule has 80 valence electrons. The van der Waals surface area contributed by atoms with Gasteiger partial charge in [-0.3, -0.25) is 4.79 Å². The van der Waals surface area contributed by atoms with E-state index in [0.29, 0.717) is 25.5 Å². The summed E-state index contributed by atoms with van der Waals surface area (Å²) in [6.07, 6.45) is 0.711. The second-order valence-electron chi connectivity index (χ2n) is 4.29. The molecule has 1 rings (SSSR count). The monoisotopic (exact) mass is 197 g/mol. The maximum atomic E-state index is 11.8. The van der Waals surface area contributed by atoms with Crippen molar-refractivity contribution in [3.8, 4) is 0 Å². The number of morpholine rings is 1. The lowest BCUT2D eigenvalue weighted by Crippen LogP contribution is -2.42. The maximum Gasteiger partial charge on any atom is 0.227 e. The van der Waals surface area contributed by atoms with Crippen molar-refractivity contribution < 1.29 is 9.53 Å². The van der Waals surface area contributed by atoms with Crippen molar-refractivity contribution in [1.82, 2.24) is 4.90 Å². The predicted octanol–water partition coefficient (Wildman–Crippen LogP) is 1.79. The number of hydrogen-bond donors (Lipinski definition) is 0. The molecule has 0 aromatic rings. The number of amides is 1. The van der Waals surface area contributed by atoms with Crippen LogP contribution in [0.5, 0.6) is 0 Å². The molecule has 14 heavy (non-hydrogen) atoms. The minimum absolute atomic E-state index is 0.122. The van der Waals surface area contributed by atoms with Gasteiger partial charge in [0.25, 0.3) is 0 Å². The molecule has 0 aromatic carbocycles. The van der Waals surface area contributed by atoms with Gasteiger partial charge in [-0.1, -0.05) is 20.4 Å². The number of carbonyl (C=O) groups is 1. The highest BCUT2D eigenvalue weighted by Gasteiger charge is 2.24. The van der Waals surface area contributed by atoms with Crippen LogP contribution in [0.2, 0.25) is 0 Å². The van der Waals surface area contributed by atoms with Crippen LogP contribution in [0.25, 0.3) is 0 Å². The molecule has 0 bridgehead atoms. The van der Waals surface area contributed by atoms with E-state index < -0.39 is 0 Å². The Morgan fingerprint density at radius 3 is 2.93 bits per heavy atom. The van der Waals surface area contributed by atoms with Gasteiger partial charge in [-0.05, 0) is 12.8 Å². The highest BCUT2D eigenvalue weighted by molar-refractivity contribution is 5.78. The van der Waals surface area contributed by atoms with Crippen LogP contribution >= 0.6 is 0 Å². The fourth-order valence-corrected chi connectivity index (χ4v) is 1.49. The Balaban J connectivity index is 2.56. The molecule has 1 saturated heterocycles. The maximum absolute atomic E-state index is 11.8. The number of ether oxygens (including phenoxy) is 1. The summed E-state index contributed by atoms with van der Waals surface area (Å²) in [5, 5.41) is 0. The highest BCUT2D eigenvalue weighted by Crippen LogP contribution is 2.16. The van der Waals surface area contributed by atoms with Crippen molar-refractivity contribution in [2.45, 2.75) is 33.3 Å². The fraction of sp³-hybridized carbons (Fsp3) is 0.727. The molecule has 0 N–H and O–H groups in total. The summed E-state index contributed by atoms with van der Waals surface area (Å²) in [5.74, 6) is 0.564. The van der Waals surface area contributed by atoms with E-state index >= 15 is 0 Å². The highest BCUT2D eigenvalue weighted by atomic mass is 16.5. The second-order valence-corrected chi connectivity index (χ2v) is 4.29. The van der Waals surface area contributed by atoms with E-state index in [9.17, 15) is 4.79 Å². The molecular weight excluding hydrogens is 178 g/mol. The summed E-state index contributed by atoms with van der Waals surface area (Å²) < 4.78 is 5.38. The van der Waals surface area contributed by atoms with Gasteiger partial charge in [-0.25, -0.2) is 0 Å².